The van der Waals surface area contributed by atoms with Crippen LogP contribution in [0, 0.1) is 5.95 Å². The van der Waals surface area contributed by atoms with Crippen LogP contribution < -0.4 is 14.8 Å². The largest absolute Gasteiger partial charge is 0.474 e. The predicted octanol–water partition coefficient (Wildman–Crippen LogP) is 2.10. The van der Waals surface area contributed by atoms with Gasteiger partial charge in [0.1, 0.15) is 12.7 Å². The lowest BCUT2D eigenvalue weighted by atomic mass is 10.2. The second kappa shape index (κ2) is 9.90. The number of carbonyl (C=O) groups is 1. The standard InChI is InChI=1S/C18H24FN5O4S/c1-11-6-13(28-16-8-20-15(7-21-16)27-5-4-26-3)9-24(11)10-14-17(19)23-18(29-14)22-12(2)25/h7-8,11,13H,4-6,9-10H2,1-3H3,(H,22,23,25)/t11-,13+/m0/s1. The molecule has 1 N–H and O–H groups in total. The molecule has 0 radical (unpaired) electrons. The van der Waals surface area contributed by atoms with Gasteiger partial charge in [0.15, 0.2) is 5.13 Å². The van der Waals surface area contributed by atoms with E-state index in [9.17, 15) is 9.18 Å². The zero-order valence-electron chi connectivity index (χ0n) is 16.6. The number of carbonyl (C=O) groups excluding carboxylic acids is 1. The van der Waals surface area contributed by atoms with Gasteiger partial charge < -0.3 is 19.5 Å². The predicted molar refractivity (Wildman–Crippen MR) is 105 cm³/mol. The minimum absolute atomic E-state index is 0.0784. The fraction of sp³-hybridized carbons (Fsp3) is 0.556. The number of anilines is 1. The van der Waals surface area contributed by atoms with Gasteiger partial charge in [-0.05, 0) is 6.92 Å². The number of hydrogen-bond donors (Lipinski definition) is 1. The maximum absolute atomic E-state index is 14.1. The van der Waals surface area contributed by atoms with Gasteiger partial charge in [0.25, 0.3) is 0 Å². The number of ether oxygens (including phenoxy) is 3. The molecule has 0 bridgehead atoms. The summed E-state index contributed by atoms with van der Waals surface area (Å²) in [5.41, 5.74) is 0. The minimum Gasteiger partial charge on any atom is -0.474 e. The summed E-state index contributed by atoms with van der Waals surface area (Å²) in [5, 5.41) is 2.79. The number of methoxy groups -OCH3 is 1. The molecule has 0 unspecified atom stereocenters. The first-order chi connectivity index (χ1) is 13.9. The van der Waals surface area contributed by atoms with Gasteiger partial charge in [0.2, 0.25) is 23.6 Å². The molecule has 2 aromatic heterocycles. The lowest BCUT2D eigenvalue weighted by molar-refractivity contribution is -0.114. The van der Waals surface area contributed by atoms with Gasteiger partial charge in [0, 0.05) is 39.6 Å². The Morgan fingerprint density at radius 2 is 2.10 bits per heavy atom. The molecule has 3 heterocycles. The molecule has 1 fully saturated rings. The van der Waals surface area contributed by atoms with Gasteiger partial charge in [-0.3, -0.25) is 9.69 Å². The first-order valence-corrected chi connectivity index (χ1v) is 10.0. The summed E-state index contributed by atoms with van der Waals surface area (Å²) in [6.07, 6.45) is 3.74. The van der Waals surface area contributed by atoms with Crippen LogP contribution in [0.3, 0.4) is 0 Å². The highest BCUT2D eigenvalue weighted by Gasteiger charge is 2.32. The smallest absolute Gasteiger partial charge is 0.232 e. The minimum atomic E-state index is -0.551. The van der Waals surface area contributed by atoms with E-state index >= 15 is 0 Å². The van der Waals surface area contributed by atoms with Crippen molar-refractivity contribution in [1.82, 2.24) is 19.9 Å². The van der Waals surface area contributed by atoms with Crippen molar-refractivity contribution >= 4 is 22.4 Å². The average molecular weight is 425 g/mol. The molecular weight excluding hydrogens is 401 g/mol. The van der Waals surface area contributed by atoms with E-state index in [-0.39, 0.29) is 23.2 Å². The Morgan fingerprint density at radius 3 is 2.79 bits per heavy atom. The number of nitrogens with one attached hydrogen (secondary N) is 1. The summed E-state index contributed by atoms with van der Waals surface area (Å²) in [7, 11) is 1.60. The number of aromatic nitrogens is 3. The monoisotopic (exact) mass is 425 g/mol. The molecule has 11 heteroatoms. The van der Waals surface area contributed by atoms with Gasteiger partial charge in [0.05, 0.1) is 23.9 Å². The molecule has 0 aromatic carbocycles. The van der Waals surface area contributed by atoms with Crippen LogP contribution in [0.2, 0.25) is 0 Å². The molecule has 1 amide bonds. The summed E-state index contributed by atoms with van der Waals surface area (Å²) < 4.78 is 30.3. The van der Waals surface area contributed by atoms with Gasteiger partial charge in [-0.25, -0.2) is 9.97 Å². The van der Waals surface area contributed by atoms with Gasteiger partial charge >= 0.3 is 0 Å². The summed E-state index contributed by atoms with van der Waals surface area (Å²) in [6, 6.07) is 0.204. The van der Waals surface area contributed by atoms with Crippen LogP contribution in [-0.2, 0) is 16.1 Å². The highest BCUT2D eigenvalue weighted by Crippen LogP contribution is 2.28. The number of likely N-dealkylation sites (tertiary alicyclic amines) is 1. The van der Waals surface area contributed by atoms with Crippen LogP contribution in [0.25, 0.3) is 0 Å². The van der Waals surface area contributed by atoms with E-state index in [1.54, 1.807) is 7.11 Å². The zero-order valence-corrected chi connectivity index (χ0v) is 17.4. The van der Waals surface area contributed by atoms with E-state index in [4.69, 9.17) is 14.2 Å². The Balaban J connectivity index is 1.53. The van der Waals surface area contributed by atoms with Crippen molar-refractivity contribution < 1.29 is 23.4 Å². The highest BCUT2D eigenvalue weighted by atomic mass is 32.1. The molecule has 1 saturated heterocycles. The number of nitrogens with zero attached hydrogens (tertiary/aromatic N) is 4. The van der Waals surface area contributed by atoms with Crippen LogP contribution >= 0.6 is 11.3 Å². The van der Waals surface area contributed by atoms with E-state index < -0.39 is 5.95 Å². The van der Waals surface area contributed by atoms with Crippen molar-refractivity contribution in [1.29, 1.82) is 0 Å². The lowest BCUT2D eigenvalue weighted by Crippen LogP contribution is -2.28. The quantitative estimate of drug-likeness (QED) is 0.610. The van der Waals surface area contributed by atoms with E-state index in [1.807, 2.05) is 0 Å². The summed E-state index contributed by atoms with van der Waals surface area (Å²) >= 11 is 1.15. The van der Waals surface area contributed by atoms with Crippen LogP contribution in [-0.4, -0.2) is 64.8 Å². The molecule has 2 atom stereocenters. The summed E-state index contributed by atoms with van der Waals surface area (Å²) in [6.45, 7) is 5.34. The Hall–Kier alpha value is -2.37. The molecule has 158 valence electrons. The van der Waals surface area contributed by atoms with Crippen LogP contribution in [0.4, 0.5) is 9.52 Å². The van der Waals surface area contributed by atoms with Crippen LogP contribution in [0.15, 0.2) is 12.4 Å². The fourth-order valence-electron chi connectivity index (χ4n) is 3.01. The molecule has 29 heavy (non-hydrogen) atoms. The van der Waals surface area contributed by atoms with Crippen LogP contribution in [0.1, 0.15) is 25.1 Å². The Bertz CT molecular complexity index is 819. The third-order valence-corrected chi connectivity index (χ3v) is 5.30. The third-order valence-electron chi connectivity index (χ3n) is 4.37. The Labute approximate surface area is 172 Å². The molecule has 1 aliphatic rings. The van der Waals surface area contributed by atoms with Crippen molar-refractivity contribution in [3.05, 3.63) is 23.2 Å². The first-order valence-electron chi connectivity index (χ1n) is 9.22. The number of halogens is 1. The fourth-order valence-corrected chi connectivity index (χ4v) is 3.92. The molecule has 0 aliphatic carbocycles. The average Bonchev–Trinajstić information content (AvgIpc) is 3.18. The van der Waals surface area contributed by atoms with E-state index in [2.05, 4.69) is 32.1 Å². The first kappa shape index (κ1) is 21.3. The van der Waals surface area contributed by atoms with Crippen molar-refractivity contribution in [3.63, 3.8) is 0 Å². The Kier molecular flexibility index (Phi) is 7.29. The van der Waals surface area contributed by atoms with Crippen molar-refractivity contribution in [3.8, 4) is 11.8 Å². The maximum Gasteiger partial charge on any atom is 0.232 e. The second-order valence-electron chi connectivity index (χ2n) is 6.70. The molecule has 3 rings (SSSR count). The topological polar surface area (TPSA) is 98.7 Å². The van der Waals surface area contributed by atoms with Crippen molar-refractivity contribution in [2.45, 2.75) is 39.0 Å². The normalized spacial score (nSPS) is 19.3. The molecule has 9 nitrogen and oxygen atoms in total. The molecule has 0 spiro atoms. The molecular formula is C18H24FN5O4S. The SMILES string of the molecule is COCCOc1cnc(O[C@@H]2C[C@H](C)N(Cc3sc(NC(C)=O)nc3F)C2)cn1. The third kappa shape index (κ3) is 6.05. The number of amides is 1. The van der Waals surface area contributed by atoms with Gasteiger partial charge in [-0.1, -0.05) is 11.3 Å². The highest BCUT2D eigenvalue weighted by molar-refractivity contribution is 7.15. The van der Waals surface area contributed by atoms with E-state index in [1.165, 1.54) is 19.3 Å². The summed E-state index contributed by atoms with van der Waals surface area (Å²) in [4.78, 5) is 25.9. The van der Waals surface area contributed by atoms with Gasteiger partial charge in [-0.2, -0.15) is 9.37 Å². The van der Waals surface area contributed by atoms with Crippen molar-refractivity contribution in [2.24, 2.45) is 0 Å². The van der Waals surface area contributed by atoms with E-state index in [0.717, 1.165) is 17.8 Å². The van der Waals surface area contributed by atoms with Crippen molar-refractivity contribution in [2.75, 3.05) is 32.2 Å². The Morgan fingerprint density at radius 1 is 1.34 bits per heavy atom. The van der Waals surface area contributed by atoms with Gasteiger partial charge in [-0.15, -0.1) is 0 Å². The number of rotatable bonds is 9. The van der Waals surface area contributed by atoms with E-state index in [0.29, 0.717) is 42.9 Å². The second-order valence-corrected chi connectivity index (χ2v) is 7.79. The molecule has 0 saturated carbocycles. The zero-order chi connectivity index (χ0) is 20.8. The molecule has 2 aromatic rings. The van der Waals surface area contributed by atoms with Crippen LogP contribution in [0.5, 0.6) is 11.8 Å². The lowest BCUT2D eigenvalue weighted by Gasteiger charge is -2.19. The maximum atomic E-state index is 14.1. The number of thiazole rings is 1. The number of hydrogen-bond acceptors (Lipinski definition) is 9. The molecule has 1 aliphatic heterocycles. The summed E-state index contributed by atoms with van der Waals surface area (Å²) in [5.74, 6) is 0.00120.